The highest BCUT2D eigenvalue weighted by Gasteiger charge is 2.29. The highest BCUT2D eigenvalue weighted by molar-refractivity contribution is 6.21. The van der Waals surface area contributed by atoms with Crippen LogP contribution in [0.5, 0.6) is 0 Å². The van der Waals surface area contributed by atoms with Gasteiger partial charge in [0.1, 0.15) is 0 Å². The zero-order chi connectivity index (χ0) is 15.1. The molecular formula is C16H32Cl2O. The van der Waals surface area contributed by atoms with Crippen molar-refractivity contribution in [3.05, 3.63) is 0 Å². The monoisotopic (exact) mass is 310 g/mol. The number of rotatable bonds is 10. The number of hydrogen-bond acceptors (Lipinski definition) is 1. The van der Waals surface area contributed by atoms with Gasteiger partial charge in [-0.05, 0) is 23.7 Å². The first-order chi connectivity index (χ1) is 8.67. The first-order valence-electron chi connectivity index (χ1n) is 7.53. The van der Waals surface area contributed by atoms with Gasteiger partial charge in [-0.2, -0.15) is 0 Å². The van der Waals surface area contributed by atoms with Gasteiger partial charge in [-0.3, -0.25) is 0 Å². The summed E-state index contributed by atoms with van der Waals surface area (Å²) in [6, 6.07) is 0. The molecule has 0 aliphatic rings. The lowest BCUT2D eigenvalue weighted by atomic mass is 9.84. The van der Waals surface area contributed by atoms with Crippen molar-refractivity contribution in [1.29, 1.82) is 0 Å². The number of alkyl halides is 2. The third kappa shape index (κ3) is 7.20. The molecule has 0 aliphatic carbocycles. The van der Waals surface area contributed by atoms with Crippen LogP contribution in [-0.2, 0) is 4.74 Å². The third-order valence-corrected chi connectivity index (χ3v) is 5.45. The highest BCUT2D eigenvalue weighted by Crippen LogP contribution is 2.33. The van der Waals surface area contributed by atoms with Crippen LogP contribution in [-0.4, -0.2) is 24.0 Å². The summed E-state index contributed by atoms with van der Waals surface area (Å²) in [7, 11) is 0. The van der Waals surface area contributed by atoms with Crippen molar-refractivity contribution in [2.45, 2.75) is 78.0 Å². The first-order valence-corrected chi connectivity index (χ1v) is 8.40. The fraction of sp³-hybridized carbons (Fsp3) is 1.00. The maximum Gasteiger partial charge on any atom is 0.0636 e. The quantitative estimate of drug-likeness (QED) is 0.458. The second-order valence-electron chi connectivity index (χ2n) is 6.95. The molecule has 0 radical (unpaired) electrons. The van der Waals surface area contributed by atoms with Crippen LogP contribution < -0.4 is 0 Å². The van der Waals surface area contributed by atoms with E-state index in [0.717, 1.165) is 25.7 Å². The summed E-state index contributed by atoms with van der Waals surface area (Å²) in [5.41, 5.74) is 0.244. The Hall–Kier alpha value is 0.540. The molecule has 2 atom stereocenters. The first kappa shape index (κ1) is 19.5. The molecule has 116 valence electrons. The van der Waals surface area contributed by atoms with Gasteiger partial charge in [0.2, 0.25) is 0 Å². The van der Waals surface area contributed by atoms with Crippen molar-refractivity contribution in [3.8, 4) is 0 Å². The van der Waals surface area contributed by atoms with E-state index >= 15 is 0 Å². The fourth-order valence-corrected chi connectivity index (χ4v) is 2.72. The molecule has 0 N–H and O–H groups in total. The normalized spacial score (nSPS) is 16.4. The van der Waals surface area contributed by atoms with E-state index in [1.165, 1.54) is 0 Å². The van der Waals surface area contributed by atoms with Crippen LogP contribution in [0.3, 0.4) is 0 Å². The highest BCUT2D eigenvalue weighted by atomic mass is 35.5. The minimum absolute atomic E-state index is 0.0469. The van der Waals surface area contributed by atoms with Gasteiger partial charge in [0.25, 0.3) is 0 Å². The van der Waals surface area contributed by atoms with Crippen LogP contribution in [0, 0.1) is 10.8 Å². The summed E-state index contributed by atoms with van der Waals surface area (Å²) >= 11 is 12.9. The zero-order valence-electron chi connectivity index (χ0n) is 13.6. The SMILES string of the molecule is CCCC(C)(C)C(Cl)COCC(Cl)C(C)(C)CCC. The van der Waals surface area contributed by atoms with Crippen LogP contribution in [0.2, 0.25) is 0 Å². The number of halogens is 2. The molecule has 0 aromatic carbocycles. The second kappa shape index (κ2) is 8.74. The summed E-state index contributed by atoms with van der Waals surface area (Å²) in [5.74, 6) is 0. The summed E-state index contributed by atoms with van der Waals surface area (Å²) < 4.78 is 5.76. The van der Waals surface area contributed by atoms with Crippen LogP contribution in [0.1, 0.15) is 67.2 Å². The second-order valence-corrected chi connectivity index (χ2v) is 8.00. The van der Waals surface area contributed by atoms with Gasteiger partial charge in [-0.1, -0.05) is 54.4 Å². The molecule has 0 fully saturated rings. The molecule has 19 heavy (non-hydrogen) atoms. The van der Waals surface area contributed by atoms with Gasteiger partial charge in [0.15, 0.2) is 0 Å². The van der Waals surface area contributed by atoms with Gasteiger partial charge in [-0.25, -0.2) is 0 Å². The molecule has 0 heterocycles. The van der Waals surface area contributed by atoms with Crippen molar-refractivity contribution in [2.24, 2.45) is 10.8 Å². The average molecular weight is 311 g/mol. The Morgan fingerprint density at radius 2 is 1.11 bits per heavy atom. The van der Waals surface area contributed by atoms with E-state index in [-0.39, 0.29) is 21.6 Å². The van der Waals surface area contributed by atoms with E-state index in [0.29, 0.717) is 13.2 Å². The molecule has 0 rings (SSSR count). The van der Waals surface area contributed by atoms with Crippen molar-refractivity contribution in [1.82, 2.24) is 0 Å². The van der Waals surface area contributed by atoms with Crippen LogP contribution in [0.25, 0.3) is 0 Å². The molecular weight excluding hydrogens is 279 g/mol. The lowest BCUT2D eigenvalue weighted by molar-refractivity contribution is 0.0834. The summed E-state index contributed by atoms with van der Waals surface area (Å²) in [4.78, 5) is 0. The minimum atomic E-state index is 0.0469. The summed E-state index contributed by atoms with van der Waals surface area (Å²) in [5, 5.41) is 0.0937. The molecule has 0 amide bonds. The smallest absolute Gasteiger partial charge is 0.0636 e. The van der Waals surface area contributed by atoms with Crippen LogP contribution >= 0.6 is 23.2 Å². The molecule has 0 aromatic heterocycles. The Labute approximate surface area is 130 Å². The van der Waals surface area contributed by atoms with Gasteiger partial charge in [0.05, 0.1) is 24.0 Å². The number of hydrogen-bond donors (Lipinski definition) is 0. The molecule has 0 bridgehead atoms. The van der Waals surface area contributed by atoms with E-state index < -0.39 is 0 Å². The van der Waals surface area contributed by atoms with E-state index in [1.54, 1.807) is 0 Å². The van der Waals surface area contributed by atoms with Crippen LogP contribution in [0.15, 0.2) is 0 Å². The zero-order valence-corrected chi connectivity index (χ0v) is 15.1. The van der Waals surface area contributed by atoms with Gasteiger partial charge < -0.3 is 4.74 Å². The minimum Gasteiger partial charge on any atom is -0.378 e. The maximum absolute atomic E-state index is 6.44. The standard InChI is InChI=1S/C16H32Cl2O/c1-7-9-15(3,4)13(17)11-19-12-14(18)16(5,6)10-8-2/h13-14H,7-12H2,1-6H3. The molecule has 2 unspecified atom stereocenters. The van der Waals surface area contributed by atoms with E-state index in [2.05, 4.69) is 41.5 Å². The Balaban J connectivity index is 4.09. The summed E-state index contributed by atoms with van der Waals surface area (Å²) in [6.07, 6.45) is 4.54. The van der Waals surface area contributed by atoms with Crippen molar-refractivity contribution < 1.29 is 4.74 Å². The largest absolute Gasteiger partial charge is 0.378 e. The molecule has 0 spiro atoms. The van der Waals surface area contributed by atoms with Crippen LogP contribution in [0.4, 0.5) is 0 Å². The van der Waals surface area contributed by atoms with Crippen molar-refractivity contribution in [2.75, 3.05) is 13.2 Å². The van der Waals surface area contributed by atoms with E-state index in [1.807, 2.05) is 0 Å². The predicted molar refractivity (Wildman–Crippen MR) is 87.5 cm³/mol. The predicted octanol–water partition coefficient (Wildman–Crippen LogP) is 5.87. The number of ether oxygens (including phenoxy) is 1. The van der Waals surface area contributed by atoms with Crippen molar-refractivity contribution >= 4 is 23.2 Å². The van der Waals surface area contributed by atoms with Gasteiger partial charge in [-0.15, -0.1) is 23.2 Å². The Morgan fingerprint density at radius 3 is 1.37 bits per heavy atom. The average Bonchev–Trinajstić information content (AvgIpc) is 2.28. The Morgan fingerprint density at radius 1 is 0.789 bits per heavy atom. The lowest BCUT2D eigenvalue weighted by Gasteiger charge is -2.32. The third-order valence-electron chi connectivity index (χ3n) is 4.01. The lowest BCUT2D eigenvalue weighted by Crippen LogP contribution is -2.33. The van der Waals surface area contributed by atoms with E-state index in [4.69, 9.17) is 27.9 Å². The molecule has 0 aromatic rings. The van der Waals surface area contributed by atoms with Gasteiger partial charge >= 0.3 is 0 Å². The fourth-order valence-electron chi connectivity index (χ4n) is 2.33. The molecule has 0 aliphatic heterocycles. The van der Waals surface area contributed by atoms with Gasteiger partial charge in [0, 0.05) is 0 Å². The molecule has 3 heteroatoms. The Bertz CT molecular complexity index is 215. The molecule has 1 nitrogen and oxygen atoms in total. The maximum atomic E-state index is 6.44. The summed E-state index contributed by atoms with van der Waals surface area (Å²) in [6.45, 7) is 14.4. The van der Waals surface area contributed by atoms with Crippen molar-refractivity contribution in [3.63, 3.8) is 0 Å². The topological polar surface area (TPSA) is 9.23 Å². The Kier molecular flexibility index (Phi) is 8.99. The van der Waals surface area contributed by atoms with E-state index in [9.17, 15) is 0 Å². The molecule has 0 saturated heterocycles. The molecule has 0 saturated carbocycles.